The minimum absolute atomic E-state index is 0.156. The molecule has 0 amide bonds. The molecule has 21 heavy (non-hydrogen) atoms. The molecule has 0 aromatic heterocycles. The number of hydrogen-bond acceptors (Lipinski definition) is 4. The summed E-state index contributed by atoms with van der Waals surface area (Å²) in [6.45, 7) is 4.70. The van der Waals surface area contributed by atoms with Gasteiger partial charge in [0.25, 0.3) is 0 Å². The standard InChI is InChI=1S/C15H21F2NO3/c1-4-11(18)5-10-6-12(16)15(13(17)7-10)20-8-14(19)21-9(2)3/h6-7,9,11H,4-5,8,18H2,1-3H3. The first-order chi connectivity index (χ1) is 9.83. The molecular formula is C15H21F2NO3. The third-order valence-corrected chi connectivity index (χ3v) is 2.78. The Kier molecular flexibility index (Phi) is 6.55. The Labute approximate surface area is 123 Å². The predicted molar refractivity (Wildman–Crippen MR) is 75.1 cm³/mol. The van der Waals surface area contributed by atoms with Crippen LogP contribution in [-0.4, -0.2) is 24.7 Å². The molecule has 6 heteroatoms. The highest BCUT2D eigenvalue weighted by Crippen LogP contribution is 2.24. The summed E-state index contributed by atoms with van der Waals surface area (Å²) >= 11 is 0. The van der Waals surface area contributed by atoms with E-state index in [9.17, 15) is 13.6 Å². The third kappa shape index (κ3) is 5.67. The number of esters is 1. The van der Waals surface area contributed by atoms with Crippen LogP contribution in [0.15, 0.2) is 12.1 Å². The molecule has 1 aromatic carbocycles. The minimum Gasteiger partial charge on any atom is -0.476 e. The number of benzene rings is 1. The zero-order chi connectivity index (χ0) is 16.0. The van der Waals surface area contributed by atoms with Crippen molar-refractivity contribution in [1.29, 1.82) is 0 Å². The van der Waals surface area contributed by atoms with Gasteiger partial charge in [0.2, 0.25) is 0 Å². The van der Waals surface area contributed by atoms with E-state index in [0.717, 1.165) is 0 Å². The van der Waals surface area contributed by atoms with Gasteiger partial charge in [-0.1, -0.05) is 6.92 Å². The largest absolute Gasteiger partial charge is 0.476 e. The van der Waals surface area contributed by atoms with E-state index in [1.54, 1.807) is 13.8 Å². The molecule has 2 N–H and O–H groups in total. The van der Waals surface area contributed by atoms with E-state index in [1.807, 2.05) is 6.92 Å². The highest BCUT2D eigenvalue weighted by molar-refractivity contribution is 5.71. The molecule has 0 fully saturated rings. The van der Waals surface area contributed by atoms with Crippen LogP contribution in [0.3, 0.4) is 0 Å². The van der Waals surface area contributed by atoms with E-state index >= 15 is 0 Å². The van der Waals surface area contributed by atoms with E-state index in [0.29, 0.717) is 18.4 Å². The van der Waals surface area contributed by atoms with Crippen molar-refractivity contribution in [2.45, 2.75) is 45.8 Å². The smallest absolute Gasteiger partial charge is 0.344 e. The maximum atomic E-state index is 13.8. The van der Waals surface area contributed by atoms with Crippen LogP contribution < -0.4 is 10.5 Å². The van der Waals surface area contributed by atoms with Gasteiger partial charge >= 0.3 is 5.97 Å². The Morgan fingerprint density at radius 2 is 1.86 bits per heavy atom. The number of hydrogen-bond donors (Lipinski definition) is 1. The van der Waals surface area contributed by atoms with Crippen LogP contribution in [0.4, 0.5) is 8.78 Å². The van der Waals surface area contributed by atoms with Gasteiger partial charge in [0.05, 0.1) is 6.10 Å². The van der Waals surface area contributed by atoms with Crippen molar-refractivity contribution in [3.05, 3.63) is 29.3 Å². The second-order valence-corrected chi connectivity index (χ2v) is 5.09. The van der Waals surface area contributed by atoms with Crippen molar-refractivity contribution in [2.24, 2.45) is 5.73 Å². The number of nitrogens with two attached hydrogens (primary N) is 1. The van der Waals surface area contributed by atoms with Gasteiger partial charge in [0.1, 0.15) is 0 Å². The van der Waals surface area contributed by atoms with Crippen LogP contribution in [0.1, 0.15) is 32.8 Å². The van der Waals surface area contributed by atoms with Crippen LogP contribution in [0.25, 0.3) is 0 Å². The Bertz CT molecular complexity index is 469. The van der Waals surface area contributed by atoms with Gasteiger partial charge in [-0.05, 0) is 44.4 Å². The molecule has 0 aliphatic rings. The number of rotatable bonds is 7. The molecule has 118 valence electrons. The molecule has 1 aromatic rings. The molecular weight excluding hydrogens is 280 g/mol. The van der Waals surface area contributed by atoms with Gasteiger partial charge in [-0.15, -0.1) is 0 Å². The number of carbonyl (C=O) groups excluding carboxylic acids is 1. The molecule has 0 heterocycles. The van der Waals surface area contributed by atoms with Crippen LogP contribution in [0.5, 0.6) is 5.75 Å². The van der Waals surface area contributed by atoms with Crippen molar-refractivity contribution in [3.63, 3.8) is 0 Å². The molecule has 1 unspecified atom stereocenters. The molecule has 0 saturated carbocycles. The lowest BCUT2D eigenvalue weighted by atomic mass is 10.0. The van der Waals surface area contributed by atoms with Crippen LogP contribution in [0.2, 0.25) is 0 Å². The van der Waals surface area contributed by atoms with Gasteiger partial charge in [-0.25, -0.2) is 13.6 Å². The van der Waals surface area contributed by atoms with Gasteiger partial charge in [-0.2, -0.15) is 0 Å². The molecule has 0 aliphatic carbocycles. The van der Waals surface area contributed by atoms with E-state index in [2.05, 4.69) is 0 Å². The number of carbonyl (C=O) groups is 1. The Morgan fingerprint density at radius 3 is 2.33 bits per heavy atom. The normalized spacial score (nSPS) is 12.3. The Hall–Kier alpha value is -1.69. The van der Waals surface area contributed by atoms with Crippen LogP contribution >= 0.6 is 0 Å². The Morgan fingerprint density at radius 1 is 1.29 bits per heavy atom. The molecule has 1 rings (SSSR count). The second-order valence-electron chi connectivity index (χ2n) is 5.09. The van der Waals surface area contributed by atoms with E-state index in [-0.39, 0.29) is 12.1 Å². The summed E-state index contributed by atoms with van der Waals surface area (Å²) in [6, 6.07) is 2.18. The summed E-state index contributed by atoms with van der Waals surface area (Å²) in [6.07, 6.45) is 0.774. The molecule has 0 saturated heterocycles. The van der Waals surface area contributed by atoms with Crippen LogP contribution in [0, 0.1) is 11.6 Å². The minimum atomic E-state index is -0.856. The fourth-order valence-corrected chi connectivity index (χ4v) is 1.74. The summed E-state index contributed by atoms with van der Waals surface area (Å²) < 4.78 is 37.3. The highest BCUT2D eigenvalue weighted by atomic mass is 19.1. The number of ether oxygens (including phenoxy) is 2. The summed E-state index contributed by atoms with van der Waals surface area (Å²) in [7, 11) is 0. The fraction of sp³-hybridized carbons (Fsp3) is 0.533. The summed E-state index contributed by atoms with van der Waals surface area (Å²) in [5, 5.41) is 0. The first-order valence-electron chi connectivity index (χ1n) is 6.89. The topological polar surface area (TPSA) is 61.5 Å². The SMILES string of the molecule is CCC(N)Cc1cc(F)c(OCC(=O)OC(C)C)c(F)c1. The summed E-state index contributed by atoms with van der Waals surface area (Å²) in [5.41, 5.74) is 6.21. The Balaban J connectivity index is 2.73. The zero-order valence-electron chi connectivity index (χ0n) is 12.5. The van der Waals surface area contributed by atoms with E-state index in [1.165, 1.54) is 12.1 Å². The number of halogens is 2. The third-order valence-electron chi connectivity index (χ3n) is 2.78. The highest BCUT2D eigenvalue weighted by Gasteiger charge is 2.16. The van der Waals surface area contributed by atoms with Crippen molar-refractivity contribution >= 4 is 5.97 Å². The fourth-order valence-electron chi connectivity index (χ4n) is 1.74. The average Bonchev–Trinajstić information content (AvgIpc) is 2.36. The van der Waals surface area contributed by atoms with E-state index in [4.69, 9.17) is 15.2 Å². The van der Waals surface area contributed by atoms with Gasteiger partial charge in [0, 0.05) is 6.04 Å². The molecule has 0 radical (unpaired) electrons. The van der Waals surface area contributed by atoms with Crippen molar-refractivity contribution < 1.29 is 23.0 Å². The van der Waals surface area contributed by atoms with Crippen molar-refractivity contribution in [2.75, 3.05) is 6.61 Å². The maximum absolute atomic E-state index is 13.8. The van der Waals surface area contributed by atoms with E-state index < -0.39 is 30.0 Å². The lowest BCUT2D eigenvalue weighted by Crippen LogP contribution is -2.22. The molecule has 0 spiro atoms. The molecule has 1 atom stereocenters. The van der Waals surface area contributed by atoms with Gasteiger partial charge in [0.15, 0.2) is 24.0 Å². The van der Waals surface area contributed by atoms with Crippen molar-refractivity contribution in [3.8, 4) is 5.75 Å². The lowest BCUT2D eigenvalue weighted by Gasteiger charge is -2.13. The van der Waals surface area contributed by atoms with Crippen molar-refractivity contribution in [1.82, 2.24) is 0 Å². The molecule has 0 aliphatic heterocycles. The maximum Gasteiger partial charge on any atom is 0.344 e. The first-order valence-corrected chi connectivity index (χ1v) is 6.89. The lowest BCUT2D eigenvalue weighted by molar-refractivity contribution is -0.149. The summed E-state index contributed by atoms with van der Waals surface area (Å²) in [5.74, 6) is -2.97. The van der Waals surface area contributed by atoms with Gasteiger partial charge in [-0.3, -0.25) is 0 Å². The first kappa shape index (κ1) is 17.4. The molecule has 0 bridgehead atoms. The predicted octanol–water partition coefficient (Wildman–Crippen LogP) is 2.58. The second kappa shape index (κ2) is 7.93. The zero-order valence-corrected chi connectivity index (χ0v) is 12.5. The summed E-state index contributed by atoms with van der Waals surface area (Å²) in [4.78, 5) is 11.3. The molecule has 4 nitrogen and oxygen atoms in total. The quantitative estimate of drug-likeness (QED) is 0.786. The van der Waals surface area contributed by atoms with Gasteiger partial charge < -0.3 is 15.2 Å². The monoisotopic (exact) mass is 301 g/mol. The van der Waals surface area contributed by atoms with Crippen LogP contribution in [-0.2, 0) is 16.0 Å². The average molecular weight is 301 g/mol.